The van der Waals surface area contributed by atoms with E-state index in [0.29, 0.717) is 10.7 Å². The van der Waals surface area contributed by atoms with E-state index in [0.717, 1.165) is 11.0 Å². The Hall–Kier alpha value is -2.67. The van der Waals surface area contributed by atoms with Gasteiger partial charge in [0.1, 0.15) is 11.9 Å². The van der Waals surface area contributed by atoms with Crippen LogP contribution < -0.4 is 10.6 Å². The molecule has 0 fully saturated rings. The van der Waals surface area contributed by atoms with Crippen LogP contribution in [0.4, 0.5) is 0 Å². The van der Waals surface area contributed by atoms with Gasteiger partial charge in [-0.25, -0.2) is 4.98 Å². The number of thiophene rings is 1. The number of aromatic amines is 1. The van der Waals surface area contributed by atoms with Crippen molar-refractivity contribution in [1.82, 2.24) is 20.6 Å². The number of nitrogens with zero attached hydrogens (tertiary/aromatic N) is 1. The highest BCUT2D eigenvalue weighted by Crippen LogP contribution is 2.12. The third-order valence-electron chi connectivity index (χ3n) is 3.85. The molecule has 0 aliphatic carbocycles. The van der Waals surface area contributed by atoms with E-state index in [1.807, 2.05) is 49.6 Å². The van der Waals surface area contributed by atoms with Crippen LogP contribution in [0.1, 0.15) is 29.3 Å². The van der Waals surface area contributed by atoms with Crippen LogP contribution in [0.5, 0.6) is 0 Å². The number of aromatic nitrogens is 2. The molecule has 1 atom stereocenters. The van der Waals surface area contributed by atoms with E-state index < -0.39 is 6.04 Å². The van der Waals surface area contributed by atoms with E-state index in [2.05, 4.69) is 20.6 Å². The lowest BCUT2D eigenvalue weighted by Crippen LogP contribution is -2.49. The van der Waals surface area contributed by atoms with Gasteiger partial charge in [0, 0.05) is 0 Å². The summed E-state index contributed by atoms with van der Waals surface area (Å²) in [5, 5.41) is 7.49. The van der Waals surface area contributed by atoms with Crippen LogP contribution in [0.2, 0.25) is 0 Å². The minimum atomic E-state index is -0.598. The van der Waals surface area contributed by atoms with Crippen LogP contribution in [0, 0.1) is 5.92 Å². The molecule has 2 heterocycles. The predicted molar refractivity (Wildman–Crippen MR) is 98.4 cm³/mol. The standard InChI is InChI=1S/C18H20N4O2S/c1-11(2)16(22-17(23)14-8-5-9-25-14)18(24)19-10-15-20-12-6-3-4-7-13(12)21-15/h3-9,11,16H,10H2,1-2H3,(H,19,24)(H,20,21)(H,22,23)/t16-/m1/s1. The van der Waals surface area contributed by atoms with Gasteiger partial charge in [0.2, 0.25) is 5.91 Å². The number of benzene rings is 1. The summed E-state index contributed by atoms with van der Waals surface area (Å²) in [5.41, 5.74) is 1.79. The van der Waals surface area contributed by atoms with Crippen LogP contribution in [0.3, 0.4) is 0 Å². The third kappa shape index (κ3) is 4.06. The number of para-hydroxylation sites is 2. The van der Waals surface area contributed by atoms with Crippen molar-refractivity contribution in [2.45, 2.75) is 26.4 Å². The molecule has 0 spiro atoms. The van der Waals surface area contributed by atoms with Crippen molar-refractivity contribution in [1.29, 1.82) is 0 Å². The Morgan fingerprint density at radius 2 is 2.00 bits per heavy atom. The normalized spacial score (nSPS) is 12.3. The van der Waals surface area contributed by atoms with Crippen LogP contribution in [0.25, 0.3) is 11.0 Å². The Balaban J connectivity index is 1.63. The smallest absolute Gasteiger partial charge is 0.262 e. The van der Waals surface area contributed by atoms with Gasteiger partial charge in [0.25, 0.3) is 5.91 Å². The molecule has 0 aliphatic heterocycles. The molecule has 130 valence electrons. The minimum Gasteiger partial charge on any atom is -0.347 e. The molecule has 6 nitrogen and oxygen atoms in total. The Morgan fingerprint density at radius 3 is 2.68 bits per heavy atom. The number of carbonyl (C=O) groups excluding carboxylic acids is 2. The number of hydrogen-bond acceptors (Lipinski definition) is 4. The maximum atomic E-state index is 12.5. The predicted octanol–water partition coefficient (Wildman–Crippen LogP) is 2.70. The van der Waals surface area contributed by atoms with Gasteiger partial charge in [-0.1, -0.05) is 32.0 Å². The van der Waals surface area contributed by atoms with E-state index in [1.54, 1.807) is 6.07 Å². The Bertz CT molecular complexity index is 837. The second-order valence-electron chi connectivity index (χ2n) is 6.09. The summed E-state index contributed by atoms with van der Waals surface area (Å²) in [7, 11) is 0. The van der Waals surface area contributed by atoms with Crippen LogP contribution in [-0.4, -0.2) is 27.8 Å². The summed E-state index contributed by atoms with van der Waals surface area (Å²) in [6.07, 6.45) is 0. The minimum absolute atomic E-state index is 0.0282. The van der Waals surface area contributed by atoms with Gasteiger partial charge in [0.15, 0.2) is 0 Å². The molecule has 1 aromatic carbocycles. The lowest BCUT2D eigenvalue weighted by atomic mass is 10.0. The van der Waals surface area contributed by atoms with Gasteiger partial charge in [-0.2, -0.15) is 0 Å². The number of nitrogens with one attached hydrogen (secondary N) is 3. The second kappa shape index (κ2) is 7.48. The number of H-pyrrole nitrogens is 1. The number of amides is 2. The maximum absolute atomic E-state index is 12.5. The molecular weight excluding hydrogens is 336 g/mol. The van der Waals surface area contributed by atoms with E-state index in [4.69, 9.17) is 0 Å². The average molecular weight is 356 g/mol. The van der Waals surface area contributed by atoms with Crippen molar-refractivity contribution in [2.75, 3.05) is 0 Å². The molecule has 0 aliphatic rings. The van der Waals surface area contributed by atoms with Crippen molar-refractivity contribution >= 4 is 34.2 Å². The Morgan fingerprint density at radius 1 is 1.20 bits per heavy atom. The topological polar surface area (TPSA) is 86.9 Å². The number of rotatable bonds is 6. The zero-order valence-corrected chi connectivity index (χ0v) is 14.9. The molecule has 0 saturated carbocycles. The van der Waals surface area contributed by atoms with Gasteiger partial charge in [-0.15, -0.1) is 11.3 Å². The fraction of sp³-hybridized carbons (Fsp3) is 0.278. The van der Waals surface area contributed by atoms with Gasteiger partial charge in [0.05, 0.1) is 22.5 Å². The van der Waals surface area contributed by atoms with E-state index in [1.165, 1.54) is 11.3 Å². The molecule has 2 aromatic heterocycles. The highest BCUT2D eigenvalue weighted by Gasteiger charge is 2.25. The van der Waals surface area contributed by atoms with Gasteiger partial charge < -0.3 is 15.6 Å². The lowest BCUT2D eigenvalue weighted by molar-refractivity contribution is -0.124. The fourth-order valence-corrected chi connectivity index (χ4v) is 3.15. The summed E-state index contributed by atoms with van der Waals surface area (Å²) >= 11 is 1.35. The largest absolute Gasteiger partial charge is 0.347 e. The van der Waals surface area contributed by atoms with Crippen LogP contribution in [-0.2, 0) is 11.3 Å². The lowest BCUT2D eigenvalue weighted by Gasteiger charge is -2.21. The first-order valence-corrected chi connectivity index (χ1v) is 8.98. The monoisotopic (exact) mass is 356 g/mol. The van der Waals surface area contributed by atoms with Crippen molar-refractivity contribution in [3.63, 3.8) is 0 Å². The van der Waals surface area contributed by atoms with E-state index in [9.17, 15) is 9.59 Å². The SMILES string of the molecule is CC(C)[C@@H](NC(=O)c1cccs1)C(=O)NCc1nc2ccccc2[nH]1. The molecule has 3 N–H and O–H groups in total. The van der Waals surface area contributed by atoms with Crippen molar-refractivity contribution in [2.24, 2.45) is 5.92 Å². The van der Waals surface area contributed by atoms with Gasteiger partial charge in [-0.05, 0) is 29.5 Å². The molecule has 7 heteroatoms. The molecule has 0 saturated heterocycles. The van der Waals surface area contributed by atoms with Gasteiger partial charge >= 0.3 is 0 Å². The molecular formula is C18H20N4O2S. The quantitative estimate of drug-likeness (QED) is 0.635. The first-order valence-electron chi connectivity index (χ1n) is 8.10. The molecule has 0 bridgehead atoms. The molecule has 2 amide bonds. The zero-order valence-electron chi connectivity index (χ0n) is 14.1. The van der Waals surface area contributed by atoms with Crippen LogP contribution in [0.15, 0.2) is 41.8 Å². The fourth-order valence-electron chi connectivity index (χ4n) is 2.53. The Labute approximate surface area is 149 Å². The van der Waals surface area contributed by atoms with Crippen molar-refractivity contribution in [3.8, 4) is 0 Å². The maximum Gasteiger partial charge on any atom is 0.262 e. The first-order chi connectivity index (χ1) is 12.0. The summed E-state index contributed by atoms with van der Waals surface area (Å²) < 4.78 is 0. The molecule has 0 radical (unpaired) electrons. The number of hydrogen-bond donors (Lipinski definition) is 3. The Kier molecular flexibility index (Phi) is 5.14. The first kappa shape index (κ1) is 17.2. The third-order valence-corrected chi connectivity index (χ3v) is 4.72. The molecule has 3 aromatic rings. The number of carbonyl (C=O) groups is 2. The summed E-state index contributed by atoms with van der Waals surface area (Å²) in [5.74, 6) is 0.203. The molecule has 3 rings (SSSR count). The van der Waals surface area contributed by atoms with E-state index >= 15 is 0 Å². The number of fused-ring (bicyclic) bond motifs is 1. The van der Waals surface area contributed by atoms with Crippen molar-refractivity contribution in [3.05, 3.63) is 52.5 Å². The molecule has 0 unspecified atom stereocenters. The van der Waals surface area contributed by atoms with E-state index in [-0.39, 0.29) is 24.3 Å². The highest BCUT2D eigenvalue weighted by molar-refractivity contribution is 7.12. The summed E-state index contributed by atoms with van der Waals surface area (Å²) in [4.78, 5) is 32.9. The van der Waals surface area contributed by atoms with Crippen LogP contribution >= 0.6 is 11.3 Å². The molecule has 25 heavy (non-hydrogen) atoms. The number of imidazole rings is 1. The zero-order chi connectivity index (χ0) is 17.8. The second-order valence-corrected chi connectivity index (χ2v) is 7.04. The summed E-state index contributed by atoms with van der Waals surface area (Å²) in [6, 6.07) is 10.6. The van der Waals surface area contributed by atoms with Gasteiger partial charge in [-0.3, -0.25) is 9.59 Å². The summed E-state index contributed by atoms with van der Waals surface area (Å²) in [6.45, 7) is 4.09. The van der Waals surface area contributed by atoms with Crippen molar-refractivity contribution < 1.29 is 9.59 Å². The average Bonchev–Trinajstić information content (AvgIpc) is 3.25. The highest BCUT2D eigenvalue weighted by atomic mass is 32.1.